The minimum Gasteiger partial charge on any atom is -0.353 e. The molecule has 3 rings (SSSR count). The van der Waals surface area contributed by atoms with E-state index in [4.69, 9.17) is 5.73 Å². The number of halogens is 1. The van der Waals surface area contributed by atoms with E-state index in [1.807, 2.05) is 24.7 Å². The predicted octanol–water partition coefficient (Wildman–Crippen LogP) is 1.29. The van der Waals surface area contributed by atoms with Crippen LogP contribution in [0.4, 0.5) is 5.82 Å². The molecule has 16 heavy (non-hydrogen) atoms. The molecule has 0 radical (unpaired) electrons. The van der Waals surface area contributed by atoms with Gasteiger partial charge in [-0.05, 0) is 18.6 Å². The van der Waals surface area contributed by atoms with Gasteiger partial charge >= 0.3 is 0 Å². The minimum atomic E-state index is 0. The topological polar surface area (TPSA) is 46.6 Å². The number of nitrogens with zero attached hydrogens (tertiary/aromatic N) is 3. The summed E-state index contributed by atoms with van der Waals surface area (Å²) < 4.78 is 2.09. The van der Waals surface area contributed by atoms with E-state index >= 15 is 0 Å². The van der Waals surface area contributed by atoms with Crippen molar-refractivity contribution in [1.82, 2.24) is 9.38 Å². The average Bonchev–Trinajstić information content (AvgIpc) is 2.84. The van der Waals surface area contributed by atoms with E-state index in [2.05, 4.69) is 20.4 Å². The number of nitrogens with two attached hydrogens (primary N) is 1. The largest absolute Gasteiger partial charge is 0.353 e. The highest BCUT2D eigenvalue weighted by atomic mass is 35.5. The Morgan fingerprint density at radius 2 is 2.25 bits per heavy atom. The molecule has 0 aromatic carbocycles. The van der Waals surface area contributed by atoms with Crippen LogP contribution in [0, 0.1) is 0 Å². The Morgan fingerprint density at radius 1 is 1.38 bits per heavy atom. The molecule has 1 fully saturated rings. The van der Waals surface area contributed by atoms with Gasteiger partial charge < -0.3 is 15.0 Å². The van der Waals surface area contributed by atoms with Gasteiger partial charge in [0.1, 0.15) is 0 Å². The molecule has 1 saturated heterocycles. The third-order valence-corrected chi connectivity index (χ3v) is 2.96. The second kappa shape index (κ2) is 4.31. The van der Waals surface area contributed by atoms with Crippen LogP contribution < -0.4 is 10.6 Å². The first-order valence-corrected chi connectivity index (χ1v) is 5.27. The third kappa shape index (κ3) is 1.74. The highest BCUT2D eigenvalue weighted by Gasteiger charge is 2.21. The van der Waals surface area contributed by atoms with Crippen LogP contribution in [-0.4, -0.2) is 28.5 Å². The van der Waals surface area contributed by atoms with E-state index in [1.165, 1.54) is 0 Å². The van der Waals surface area contributed by atoms with Gasteiger partial charge in [0.25, 0.3) is 0 Å². The van der Waals surface area contributed by atoms with Crippen LogP contribution in [0.1, 0.15) is 6.42 Å². The summed E-state index contributed by atoms with van der Waals surface area (Å²) in [5, 5.41) is 0. The highest BCUT2D eigenvalue weighted by Crippen LogP contribution is 2.22. The standard InChI is InChI=1S/C11H14N4.ClH/c12-9-3-6-15(8-9)11-10-2-1-5-14(10)7-4-13-11;/h1-2,4-5,7,9H,3,6,8,12H2;1H/t9-;/m0./s1. The van der Waals surface area contributed by atoms with Crippen LogP contribution in [0.15, 0.2) is 30.7 Å². The molecular formula is C11H15ClN4. The van der Waals surface area contributed by atoms with Crippen molar-refractivity contribution in [3.63, 3.8) is 0 Å². The average molecular weight is 239 g/mol. The van der Waals surface area contributed by atoms with Gasteiger partial charge in [-0.1, -0.05) is 0 Å². The molecule has 1 aliphatic rings. The lowest BCUT2D eigenvalue weighted by atomic mass is 10.3. The van der Waals surface area contributed by atoms with Gasteiger partial charge in [0.15, 0.2) is 5.82 Å². The number of anilines is 1. The number of rotatable bonds is 1. The minimum absolute atomic E-state index is 0. The quantitative estimate of drug-likeness (QED) is 0.815. The Morgan fingerprint density at radius 3 is 3.00 bits per heavy atom. The second-order valence-electron chi connectivity index (χ2n) is 4.05. The van der Waals surface area contributed by atoms with Crippen molar-refractivity contribution in [2.24, 2.45) is 5.73 Å². The molecule has 2 N–H and O–H groups in total. The summed E-state index contributed by atoms with van der Waals surface area (Å²) in [5.41, 5.74) is 7.06. The Hall–Kier alpha value is -1.26. The molecule has 2 aromatic rings. The maximum absolute atomic E-state index is 5.91. The zero-order chi connectivity index (χ0) is 10.3. The molecular weight excluding hydrogens is 224 g/mol. The van der Waals surface area contributed by atoms with Crippen molar-refractivity contribution < 1.29 is 0 Å². The monoisotopic (exact) mass is 238 g/mol. The van der Waals surface area contributed by atoms with Crippen molar-refractivity contribution >= 4 is 23.7 Å². The van der Waals surface area contributed by atoms with Gasteiger partial charge in [0.05, 0.1) is 5.52 Å². The fourth-order valence-electron chi connectivity index (χ4n) is 2.18. The summed E-state index contributed by atoms with van der Waals surface area (Å²) in [7, 11) is 0. The van der Waals surface area contributed by atoms with Crippen molar-refractivity contribution in [3.8, 4) is 0 Å². The Balaban J connectivity index is 0.000000963. The summed E-state index contributed by atoms with van der Waals surface area (Å²) in [6, 6.07) is 4.42. The van der Waals surface area contributed by atoms with E-state index in [-0.39, 0.29) is 12.4 Å². The predicted molar refractivity (Wildman–Crippen MR) is 67.2 cm³/mol. The Kier molecular flexibility index (Phi) is 3.03. The first-order valence-electron chi connectivity index (χ1n) is 5.27. The van der Waals surface area contributed by atoms with Gasteiger partial charge in [0.2, 0.25) is 0 Å². The van der Waals surface area contributed by atoms with E-state index in [0.717, 1.165) is 30.8 Å². The lowest BCUT2D eigenvalue weighted by Crippen LogP contribution is -2.27. The third-order valence-electron chi connectivity index (χ3n) is 2.96. The molecule has 0 amide bonds. The molecule has 0 bridgehead atoms. The van der Waals surface area contributed by atoms with E-state index in [1.54, 1.807) is 0 Å². The maximum Gasteiger partial charge on any atom is 0.152 e. The highest BCUT2D eigenvalue weighted by molar-refractivity contribution is 5.85. The summed E-state index contributed by atoms with van der Waals surface area (Å²) in [6.07, 6.45) is 6.90. The molecule has 86 valence electrons. The lowest BCUT2D eigenvalue weighted by molar-refractivity contribution is 0.751. The van der Waals surface area contributed by atoms with Crippen LogP contribution in [0.3, 0.4) is 0 Å². The Bertz CT molecular complexity index is 482. The van der Waals surface area contributed by atoms with Crippen molar-refractivity contribution in [2.45, 2.75) is 12.5 Å². The maximum atomic E-state index is 5.91. The number of hydrogen-bond acceptors (Lipinski definition) is 3. The van der Waals surface area contributed by atoms with Crippen LogP contribution in [0.5, 0.6) is 0 Å². The van der Waals surface area contributed by atoms with Crippen LogP contribution in [0.25, 0.3) is 5.52 Å². The molecule has 0 unspecified atom stereocenters. The zero-order valence-electron chi connectivity index (χ0n) is 8.91. The molecule has 3 heterocycles. The Labute approximate surface area is 100 Å². The van der Waals surface area contributed by atoms with Crippen molar-refractivity contribution in [2.75, 3.05) is 18.0 Å². The van der Waals surface area contributed by atoms with Gasteiger partial charge in [-0.25, -0.2) is 4.98 Å². The van der Waals surface area contributed by atoms with Crippen LogP contribution in [0.2, 0.25) is 0 Å². The normalized spacial score (nSPS) is 20.1. The molecule has 0 saturated carbocycles. The van der Waals surface area contributed by atoms with E-state index in [0.29, 0.717) is 6.04 Å². The van der Waals surface area contributed by atoms with Gasteiger partial charge in [-0.3, -0.25) is 0 Å². The number of fused-ring (bicyclic) bond motifs is 1. The fraction of sp³-hybridized carbons (Fsp3) is 0.364. The first kappa shape index (κ1) is 11.2. The van der Waals surface area contributed by atoms with Crippen LogP contribution in [-0.2, 0) is 0 Å². The lowest BCUT2D eigenvalue weighted by Gasteiger charge is -2.17. The van der Waals surface area contributed by atoms with Gasteiger partial charge in [-0.2, -0.15) is 0 Å². The van der Waals surface area contributed by atoms with Crippen LogP contribution >= 0.6 is 12.4 Å². The SMILES string of the molecule is Cl.N[C@H]1CCN(c2nccn3cccc23)C1. The zero-order valence-corrected chi connectivity index (χ0v) is 9.73. The van der Waals surface area contributed by atoms with Gasteiger partial charge in [-0.15, -0.1) is 12.4 Å². The summed E-state index contributed by atoms with van der Waals surface area (Å²) in [6.45, 7) is 1.93. The molecule has 0 aliphatic carbocycles. The van der Waals surface area contributed by atoms with Crippen molar-refractivity contribution in [3.05, 3.63) is 30.7 Å². The second-order valence-corrected chi connectivity index (χ2v) is 4.05. The number of hydrogen-bond donors (Lipinski definition) is 1. The molecule has 1 aliphatic heterocycles. The molecule has 1 atom stereocenters. The smallest absolute Gasteiger partial charge is 0.152 e. The molecule has 5 heteroatoms. The molecule has 4 nitrogen and oxygen atoms in total. The summed E-state index contributed by atoms with van der Waals surface area (Å²) in [5.74, 6) is 1.05. The van der Waals surface area contributed by atoms with Crippen molar-refractivity contribution in [1.29, 1.82) is 0 Å². The van der Waals surface area contributed by atoms with E-state index < -0.39 is 0 Å². The first-order chi connectivity index (χ1) is 7.34. The molecule has 0 spiro atoms. The van der Waals surface area contributed by atoms with Gasteiger partial charge in [0, 0.05) is 37.7 Å². The summed E-state index contributed by atoms with van der Waals surface area (Å²) >= 11 is 0. The summed E-state index contributed by atoms with van der Waals surface area (Å²) in [4.78, 5) is 6.71. The fourth-order valence-corrected chi connectivity index (χ4v) is 2.18. The van der Waals surface area contributed by atoms with E-state index in [9.17, 15) is 0 Å². The molecule has 2 aromatic heterocycles. The number of aromatic nitrogens is 2.